The van der Waals surface area contributed by atoms with Gasteiger partial charge in [-0.05, 0) is 83.5 Å². The van der Waals surface area contributed by atoms with Gasteiger partial charge in [0.05, 0.1) is 0 Å². The summed E-state index contributed by atoms with van der Waals surface area (Å²) in [4.78, 5) is 38.1. The van der Waals surface area contributed by atoms with Crippen LogP contribution in [0.25, 0.3) is 0 Å². The van der Waals surface area contributed by atoms with E-state index in [-0.39, 0.29) is 31.1 Å². The summed E-state index contributed by atoms with van der Waals surface area (Å²) in [6.07, 6.45) is 79.7. The number of unbranched alkanes of at least 4 members (excludes halogenated alkanes) is 38. The Bertz CT molecular complexity index is 1330. The van der Waals surface area contributed by atoms with Crippen LogP contribution in [0.2, 0.25) is 0 Å². The third kappa shape index (κ3) is 60.0. The second-order valence-corrected chi connectivity index (χ2v) is 21.6. The quantitative estimate of drug-likeness (QED) is 0.0261. The molecule has 0 aromatic heterocycles. The van der Waals surface area contributed by atoms with Gasteiger partial charge in [-0.3, -0.25) is 14.4 Å². The molecule has 0 amide bonds. The second kappa shape index (κ2) is 62.6. The van der Waals surface area contributed by atoms with Crippen molar-refractivity contribution in [3.63, 3.8) is 0 Å². The molecule has 0 aliphatic heterocycles. The molecule has 0 aliphatic carbocycles. The first kappa shape index (κ1) is 71.1. The number of rotatable bonds is 59. The van der Waals surface area contributed by atoms with Gasteiger partial charge >= 0.3 is 17.9 Å². The van der Waals surface area contributed by atoms with Crippen molar-refractivity contribution in [3.8, 4) is 0 Å². The molecule has 6 heteroatoms. The predicted octanol–water partition coefficient (Wildman–Crippen LogP) is 21.9. The van der Waals surface area contributed by atoms with Gasteiger partial charge in [-0.15, -0.1) is 0 Å². The normalized spacial score (nSPS) is 12.4. The average Bonchev–Trinajstić information content (AvgIpc) is 3.40. The van der Waals surface area contributed by atoms with Gasteiger partial charge in [0.1, 0.15) is 13.2 Å². The average molecular weight is 1040 g/mol. The fraction of sp³-hybridized carbons (Fsp3) is 0.809. The molecule has 0 fully saturated rings. The highest BCUT2D eigenvalue weighted by atomic mass is 16.6. The van der Waals surface area contributed by atoms with Gasteiger partial charge < -0.3 is 14.2 Å². The number of ether oxygens (including phenoxy) is 3. The number of allylic oxidation sites excluding steroid dienone is 10. The van der Waals surface area contributed by atoms with Crippen LogP contribution in [0.1, 0.15) is 335 Å². The molecule has 0 N–H and O–H groups in total. The van der Waals surface area contributed by atoms with Gasteiger partial charge in [0.15, 0.2) is 6.10 Å². The number of carbonyl (C=O) groups excluding carboxylic acids is 3. The summed E-state index contributed by atoms with van der Waals surface area (Å²) < 4.78 is 16.9. The summed E-state index contributed by atoms with van der Waals surface area (Å²) in [7, 11) is 0. The maximum atomic E-state index is 12.8. The molecule has 0 heterocycles. The molecule has 6 nitrogen and oxygen atoms in total. The maximum absolute atomic E-state index is 12.8. The molecule has 0 spiro atoms. The van der Waals surface area contributed by atoms with E-state index in [1.807, 2.05) is 0 Å². The zero-order valence-corrected chi connectivity index (χ0v) is 49.4. The lowest BCUT2D eigenvalue weighted by molar-refractivity contribution is -0.167. The van der Waals surface area contributed by atoms with Crippen LogP contribution in [-0.4, -0.2) is 37.2 Å². The molecular formula is C68H122O6. The SMILES string of the molecule is CC/C=C\C/C=C\C/C=C\C/C=C\CCCCCCCCCCCCCCCCCCCCCCC(=O)OCC(COC(=O)CCCCCCCCCCCC)OC(=O)CCCCCCC/C=C\CCCCCC. The summed E-state index contributed by atoms with van der Waals surface area (Å²) in [6.45, 7) is 6.53. The van der Waals surface area contributed by atoms with Crippen LogP contribution in [0, 0.1) is 0 Å². The molecule has 1 atom stereocenters. The lowest BCUT2D eigenvalue weighted by atomic mass is 10.0. The van der Waals surface area contributed by atoms with E-state index < -0.39 is 6.10 Å². The molecular weight excluding hydrogens is 913 g/mol. The first-order valence-corrected chi connectivity index (χ1v) is 32.3. The zero-order valence-electron chi connectivity index (χ0n) is 49.4. The van der Waals surface area contributed by atoms with E-state index in [2.05, 4.69) is 81.5 Å². The largest absolute Gasteiger partial charge is 0.462 e. The standard InChI is InChI=1S/C68H122O6/c1-4-7-10-13-16-19-22-24-25-26-27-28-29-30-31-32-33-34-35-36-37-38-39-40-41-42-43-45-46-49-52-55-58-61-67(70)73-64-65(63-72-66(69)60-57-54-51-48-21-18-15-12-9-6-3)74-68(71)62-59-56-53-50-47-44-23-20-17-14-11-8-5-2/h7,10,16,19-20,23-25,27-28,65H,4-6,8-9,11-15,17-18,21-22,26,29-64H2,1-3H3/b10-7-,19-16-,23-20-,25-24-,28-27-. The molecule has 430 valence electrons. The first-order valence-electron chi connectivity index (χ1n) is 32.3. The van der Waals surface area contributed by atoms with Crippen molar-refractivity contribution in [1.29, 1.82) is 0 Å². The van der Waals surface area contributed by atoms with Crippen molar-refractivity contribution in [2.75, 3.05) is 13.2 Å². The summed E-state index contributed by atoms with van der Waals surface area (Å²) in [5.74, 6) is -0.865. The second-order valence-electron chi connectivity index (χ2n) is 21.6. The highest BCUT2D eigenvalue weighted by molar-refractivity contribution is 5.71. The van der Waals surface area contributed by atoms with E-state index >= 15 is 0 Å². The molecule has 0 aromatic rings. The van der Waals surface area contributed by atoms with Gasteiger partial charge in [-0.1, -0.05) is 293 Å². The van der Waals surface area contributed by atoms with E-state index in [1.54, 1.807) is 0 Å². The molecule has 0 aromatic carbocycles. The van der Waals surface area contributed by atoms with Gasteiger partial charge in [0.25, 0.3) is 0 Å². The highest BCUT2D eigenvalue weighted by Crippen LogP contribution is 2.17. The summed E-state index contributed by atoms with van der Waals surface area (Å²) >= 11 is 0. The number of hydrogen-bond donors (Lipinski definition) is 0. The Morgan fingerprint density at radius 3 is 0.851 bits per heavy atom. The molecule has 74 heavy (non-hydrogen) atoms. The van der Waals surface area contributed by atoms with Crippen molar-refractivity contribution in [1.82, 2.24) is 0 Å². The van der Waals surface area contributed by atoms with Crippen LogP contribution in [0.5, 0.6) is 0 Å². The number of hydrogen-bond acceptors (Lipinski definition) is 6. The Balaban J connectivity index is 4.02. The maximum Gasteiger partial charge on any atom is 0.306 e. The monoisotopic (exact) mass is 1030 g/mol. The number of esters is 3. The third-order valence-corrected chi connectivity index (χ3v) is 14.3. The van der Waals surface area contributed by atoms with E-state index in [4.69, 9.17) is 14.2 Å². The predicted molar refractivity (Wildman–Crippen MR) is 321 cm³/mol. The molecule has 0 bridgehead atoms. The van der Waals surface area contributed by atoms with Crippen molar-refractivity contribution in [2.24, 2.45) is 0 Å². The summed E-state index contributed by atoms with van der Waals surface area (Å²) in [5, 5.41) is 0. The number of carbonyl (C=O) groups is 3. The zero-order chi connectivity index (χ0) is 53.6. The first-order chi connectivity index (χ1) is 36.5. The van der Waals surface area contributed by atoms with E-state index in [1.165, 1.54) is 205 Å². The molecule has 0 saturated heterocycles. The van der Waals surface area contributed by atoms with Crippen LogP contribution in [0.15, 0.2) is 60.8 Å². The molecule has 0 aliphatic rings. The van der Waals surface area contributed by atoms with Crippen molar-refractivity contribution >= 4 is 17.9 Å². The summed E-state index contributed by atoms with van der Waals surface area (Å²) in [5.41, 5.74) is 0. The van der Waals surface area contributed by atoms with Crippen molar-refractivity contribution in [3.05, 3.63) is 60.8 Å². The molecule has 0 rings (SSSR count). The van der Waals surface area contributed by atoms with E-state index in [9.17, 15) is 14.4 Å². The Morgan fingerprint density at radius 1 is 0.284 bits per heavy atom. The molecule has 1 unspecified atom stereocenters. The topological polar surface area (TPSA) is 78.9 Å². The van der Waals surface area contributed by atoms with Gasteiger partial charge in [-0.25, -0.2) is 0 Å². The minimum Gasteiger partial charge on any atom is -0.462 e. The lowest BCUT2D eigenvalue weighted by Gasteiger charge is -2.18. The minimum atomic E-state index is -0.773. The minimum absolute atomic E-state index is 0.0718. The fourth-order valence-electron chi connectivity index (χ4n) is 9.43. The van der Waals surface area contributed by atoms with Gasteiger partial charge in [-0.2, -0.15) is 0 Å². The van der Waals surface area contributed by atoms with Crippen molar-refractivity contribution < 1.29 is 28.6 Å². The van der Waals surface area contributed by atoms with Crippen LogP contribution in [0.3, 0.4) is 0 Å². The van der Waals surface area contributed by atoms with Gasteiger partial charge in [0, 0.05) is 19.3 Å². The van der Waals surface area contributed by atoms with E-state index in [0.29, 0.717) is 19.3 Å². The van der Waals surface area contributed by atoms with Crippen LogP contribution in [-0.2, 0) is 28.6 Å². The van der Waals surface area contributed by atoms with E-state index in [0.717, 1.165) is 89.9 Å². The van der Waals surface area contributed by atoms with Crippen molar-refractivity contribution in [2.45, 2.75) is 341 Å². The van der Waals surface area contributed by atoms with Crippen LogP contribution in [0.4, 0.5) is 0 Å². The Morgan fingerprint density at radius 2 is 0.527 bits per heavy atom. The lowest BCUT2D eigenvalue weighted by Crippen LogP contribution is -2.30. The van der Waals surface area contributed by atoms with Gasteiger partial charge in [0.2, 0.25) is 0 Å². The Hall–Kier alpha value is -2.89. The fourth-order valence-corrected chi connectivity index (χ4v) is 9.43. The smallest absolute Gasteiger partial charge is 0.306 e. The van der Waals surface area contributed by atoms with Crippen LogP contribution < -0.4 is 0 Å². The molecule has 0 saturated carbocycles. The highest BCUT2D eigenvalue weighted by Gasteiger charge is 2.19. The Kier molecular flexibility index (Phi) is 60.2. The summed E-state index contributed by atoms with van der Waals surface area (Å²) in [6, 6.07) is 0. The Labute approximate surface area is 460 Å². The molecule has 0 radical (unpaired) electrons. The third-order valence-electron chi connectivity index (χ3n) is 14.3. The van der Waals surface area contributed by atoms with Crippen LogP contribution >= 0.6 is 0 Å².